The fourth-order valence-electron chi connectivity index (χ4n) is 1.47. The summed E-state index contributed by atoms with van der Waals surface area (Å²) in [7, 11) is 0. The van der Waals surface area contributed by atoms with E-state index in [-0.39, 0.29) is 0 Å². The Morgan fingerprint density at radius 2 is 2.05 bits per heavy atom. The first-order valence-electron chi connectivity index (χ1n) is 6.74. The molecular weight excluding hydrogens is 297 g/mol. The monoisotopic (exact) mass is 317 g/mol. The van der Waals surface area contributed by atoms with Crippen LogP contribution in [0.1, 0.15) is 20.3 Å². The van der Waals surface area contributed by atoms with Gasteiger partial charge in [0.05, 0.1) is 10.0 Å². The number of pyridine rings is 1. The van der Waals surface area contributed by atoms with Crippen molar-refractivity contribution in [3.8, 4) is 0 Å². The van der Waals surface area contributed by atoms with Crippen LogP contribution in [0.25, 0.3) is 0 Å². The molecule has 5 nitrogen and oxygen atoms in total. The Morgan fingerprint density at radius 3 is 2.70 bits per heavy atom. The van der Waals surface area contributed by atoms with Crippen LogP contribution in [0.4, 0.5) is 5.82 Å². The van der Waals surface area contributed by atoms with Crippen LogP contribution in [0.2, 0.25) is 10.0 Å². The summed E-state index contributed by atoms with van der Waals surface area (Å²) in [4.78, 5) is 8.54. The highest BCUT2D eigenvalue weighted by atomic mass is 35.5. The van der Waals surface area contributed by atoms with E-state index in [0.29, 0.717) is 22.4 Å². The minimum atomic E-state index is 0.518. The predicted molar refractivity (Wildman–Crippen MR) is 87.0 cm³/mol. The summed E-state index contributed by atoms with van der Waals surface area (Å²) in [6.45, 7) is 7.20. The van der Waals surface area contributed by atoms with Gasteiger partial charge in [-0.25, -0.2) is 4.98 Å². The third-order valence-electron chi connectivity index (χ3n) is 2.36. The predicted octanol–water partition coefficient (Wildman–Crippen LogP) is 2.77. The lowest BCUT2D eigenvalue weighted by Crippen LogP contribution is -2.39. The van der Waals surface area contributed by atoms with Crippen LogP contribution < -0.4 is 16.0 Å². The van der Waals surface area contributed by atoms with Gasteiger partial charge in [-0.15, -0.1) is 0 Å². The lowest BCUT2D eigenvalue weighted by molar-refractivity contribution is 0.810. The molecule has 0 amide bonds. The number of halogens is 2. The Labute approximate surface area is 130 Å². The molecule has 112 valence electrons. The van der Waals surface area contributed by atoms with E-state index < -0.39 is 0 Å². The molecule has 0 aliphatic heterocycles. The number of guanidine groups is 1. The molecule has 0 spiro atoms. The van der Waals surface area contributed by atoms with Gasteiger partial charge in [-0.1, -0.05) is 30.1 Å². The molecular formula is C13H21Cl2N5. The Balaban J connectivity index is 2.36. The third kappa shape index (κ3) is 6.30. The molecule has 0 unspecified atom stereocenters. The Morgan fingerprint density at radius 1 is 1.25 bits per heavy atom. The van der Waals surface area contributed by atoms with Gasteiger partial charge in [-0.2, -0.15) is 0 Å². The van der Waals surface area contributed by atoms with E-state index in [1.807, 2.05) is 6.92 Å². The van der Waals surface area contributed by atoms with Gasteiger partial charge in [0.25, 0.3) is 0 Å². The number of rotatable bonds is 7. The molecule has 0 fully saturated rings. The summed E-state index contributed by atoms with van der Waals surface area (Å²) < 4.78 is 0. The molecule has 0 atom stereocenters. The average Bonchev–Trinajstić information content (AvgIpc) is 2.42. The average molecular weight is 318 g/mol. The topological polar surface area (TPSA) is 61.3 Å². The smallest absolute Gasteiger partial charge is 0.191 e. The van der Waals surface area contributed by atoms with Crippen LogP contribution >= 0.6 is 23.2 Å². The van der Waals surface area contributed by atoms with Crippen molar-refractivity contribution in [2.45, 2.75) is 20.3 Å². The highest BCUT2D eigenvalue weighted by Crippen LogP contribution is 2.21. The normalized spacial score (nSPS) is 11.3. The first-order valence-corrected chi connectivity index (χ1v) is 7.50. The SMILES string of the molecule is CCCN=C(NCC)NCCNc1ncc(Cl)cc1Cl. The fourth-order valence-corrected chi connectivity index (χ4v) is 1.92. The maximum absolute atomic E-state index is 6.02. The zero-order chi connectivity index (χ0) is 14.8. The van der Waals surface area contributed by atoms with Gasteiger partial charge in [0.2, 0.25) is 0 Å². The molecule has 1 rings (SSSR count). The quantitative estimate of drug-likeness (QED) is 0.411. The van der Waals surface area contributed by atoms with Crippen molar-refractivity contribution in [1.82, 2.24) is 15.6 Å². The van der Waals surface area contributed by atoms with E-state index in [4.69, 9.17) is 23.2 Å². The molecule has 0 bridgehead atoms. The number of nitrogens with zero attached hydrogens (tertiary/aromatic N) is 2. The summed E-state index contributed by atoms with van der Waals surface area (Å²) in [6, 6.07) is 1.67. The maximum Gasteiger partial charge on any atom is 0.191 e. The van der Waals surface area contributed by atoms with E-state index in [0.717, 1.165) is 32.0 Å². The highest BCUT2D eigenvalue weighted by Gasteiger charge is 2.02. The van der Waals surface area contributed by atoms with Gasteiger partial charge in [-0.3, -0.25) is 4.99 Å². The molecule has 0 aliphatic carbocycles. The molecule has 1 heterocycles. The van der Waals surface area contributed by atoms with Crippen molar-refractivity contribution in [1.29, 1.82) is 0 Å². The molecule has 20 heavy (non-hydrogen) atoms. The summed E-state index contributed by atoms with van der Waals surface area (Å²) in [5, 5.41) is 10.6. The standard InChI is InChI=1S/C13H21Cl2N5/c1-3-5-18-13(16-4-2)19-7-6-17-12-11(15)8-10(14)9-20-12/h8-9H,3-7H2,1-2H3,(H,17,20)(H2,16,18,19). The molecule has 0 aromatic carbocycles. The van der Waals surface area contributed by atoms with Crippen LogP contribution in [0.5, 0.6) is 0 Å². The van der Waals surface area contributed by atoms with Crippen LogP contribution in [-0.2, 0) is 0 Å². The zero-order valence-corrected chi connectivity index (χ0v) is 13.4. The van der Waals surface area contributed by atoms with Crippen LogP contribution in [-0.4, -0.2) is 37.1 Å². The van der Waals surface area contributed by atoms with E-state index in [1.54, 1.807) is 12.3 Å². The van der Waals surface area contributed by atoms with Crippen LogP contribution in [0.15, 0.2) is 17.3 Å². The molecule has 1 aromatic rings. The van der Waals surface area contributed by atoms with Gasteiger partial charge in [0, 0.05) is 32.4 Å². The van der Waals surface area contributed by atoms with Crippen molar-refractivity contribution in [3.63, 3.8) is 0 Å². The van der Waals surface area contributed by atoms with Gasteiger partial charge in [0.15, 0.2) is 5.96 Å². The van der Waals surface area contributed by atoms with E-state index in [9.17, 15) is 0 Å². The van der Waals surface area contributed by atoms with Crippen molar-refractivity contribution in [2.24, 2.45) is 4.99 Å². The summed E-state index contributed by atoms with van der Waals surface area (Å²) in [5.41, 5.74) is 0. The molecule has 0 saturated heterocycles. The van der Waals surface area contributed by atoms with Gasteiger partial charge in [-0.05, 0) is 19.4 Å². The first-order chi connectivity index (χ1) is 9.67. The molecule has 1 aromatic heterocycles. The lowest BCUT2D eigenvalue weighted by Gasteiger charge is -2.12. The first kappa shape index (κ1) is 16.9. The molecule has 0 saturated carbocycles. The zero-order valence-electron chi connectivity index (χ0n) is 11.8. The van der Waals surface area contributed by atoms with E-state index in [2.05, 4.69) is 32.9 Å². The van der Waals surface area contributed by atoms with Crippen molar-refractivity contribution < 1.29 is 0 Å². The number of nitrogens with one attached hydrogen (secondary N) is 3. The van der Waals surface area contributed by atoms with Gasteiger partial charge >= 0.3 is 0 Å². The van der Waals surface area contributed by atoms with Gasteiger partial charge < -0.3 is 16.0 Å². The van der Waals surface area contributed by atoms with Crippen molar-refractivity contribution in [2.75, 3.05) is 31.5 Å². The summed E-state index contributed by atoms with van der Waals surface area (Å²) in [5.74, 6) is 1.46. The van der Waals surface area contributed by atoms with E-state index >= 15 is 0 Å². The Hall–Kier alpha value is -1.20. The minimum absolute atomic E-state index is 0.518. The number of aromatic nitrogens is 1. The molecule has 0 radical (unpaired) electrons. The van der Waals surface area contributed by atoms with Crippen LogP contribution in [0.3, 0.4) is 0 Å². The number of anilines is 1. The number of hydrogen-bond donors (Lipinski definition) is 3. The van der Waals surface area contributed by atoms with E-state index in [1.165, 1.54) is 0 Å². The van der Waals surface area contributed by atoms with Crippen molar-refractivity contribution >= 4 is 35.0 Å². The number of aliphatic imine (C=N–C) groups is 1. The molecule has 3 N–H and O–H groups in total. The summed E-state index contributed by atoms with van der Waals surface area (Å²) >= 11 is 11.8. The lowest BCUT2D eigenvalue weighted by atomic mass is 10.4. The van der Waals surface area contributed by atoms with Crippen LogP contribution in [0, 0.1) is 0 Å². The second kappa shape index (κ2) is 9.66. The molecule has 0 aliphatic rings. The second-order valence-electron chi connectivity index (χ2n) is 4.10. The molecule has 7 heteroatoms. The maximum atomic E-state index is 6.02. The Bertz CT molecular complexity index is 437. The number of hydrogen-bond acceptors (Lipinski definition) is 3. The third-order valence-corrected chi connectivity index (χ3v) is 2.85. The van der Waals surface area contributed by atoms with Gasteiger partial charge in [0.1, 0.15) is 5.82 Å². The van der Waals surface area contributed by atoms with Crippen molar-refractivity contribution in [3.05, 3.63) is 22.3 Å². The fraction of sp³-hybridized carbons (Fsp3) is 0.538. The largest absolute Gasteiger partial charge is 0.367 e. The highest BCUT2D eigenvalue weighted by molar-refractivity contribution is 6.35. The minimum Gasteiger partial charge on any atom is -0.367 e. The second-order valence-corrected chi connectivity index (χ2v) is 4.94. The Kier molecular flexibility index (Phi) is 8.14. The summed E-state index contributed by atoms with van der Waals surface area (Å²) in [6.07, 6.45) is 2.59.